The number of hydrogen-bond donors (Lipinski definition) is 0. The minimum atomic E-state index is -0.545. The van der Waals surface area contributed by atoms with E-state index in [0.717, 1.165) is 5.56 Å². The molecule has 7 heteroatoms. The number of methoxy groups -OCH3 is 1. The molecule has 5 nitrogen and oxygen atoms in total. The first-order chi connectivity index (χ1) is 15.7. The highest BCUT2D eigenvalue weighted by molar-refractivity contribution is 5.97. The van der Waals surface area contributed by atoms with E-state index in [1.54, 1.807) is 50.2 Å². The number of pyridine rings is 1. The van der Waals surface area contributed by atoms with Gasteiger partial charge in [-0.05, 0) is 54.8 Å². The third-order valence-corrected chi connectivity index (χ3v) is 5.60. The number of ketones is 1. The number of Topliss-reactive ketones (excluding diaryl/α,β-unsaturated/α-hetero) is 1. The van der Waals surface area contributed by atoms with Gasteiger partial charge in [-0.15, -0.1) is 0 Å². The molecule has 0 radical (unpaired) electrons. The monoisotopic (exact) mass is 452 g/mol. The zero-order valence-corrected chi connectivity index (χ0v) is 19.1. The number of aryl methyl sites for hydroxylation is 2. The number of carbonyl (C=O) groups is 2. The molecule has 1 heterocycles. The molecule has 0 atom stereocenters. The van der Waals surface area contributed by atoms with Crippen molar-refractivity contribution in [1.82, 2.24) is 4.98 Å². The van der Waals surface area contributed by atoms with Crippen molar-refractivity contribution in [2.75, 3.05) is 19.1 Å². The van der Waals surface area contributed by atoms with Crippen molar-refractivity contribution in [1.29, 1.82) is 0 Å². The molecule has 0 aliphatic carbocycles. The molecule has 0 spiro atoms. The predicted octanol–water partition coefficient (Wildman–Crippen LogP) is 5.53. The molecular formula is C26H26F2N2O3. The Morgan fingerprint density at radius 2 is 1.82 bits per heavy atom. The fraction of sp³-hybridized carbons (Fsp3) is 0.269. The number of carbonyl (C=O) groups excluding carboxylic acids is 2. The summed E-state index contributed by atoms with van der Waals surface area (Å²) in [6, 6.07) is 12.5. The number of halogens is 2. The number of ether oxygens (including phenoxy) is 1. The minimum Gasteiger partial charge on any atom is -0.496 e. The number of nitrogens with zero attached hydrogens (tertiary/aromatic N) is 2. The minimum absolute atomic E-state index is 0.0928. The topological polar surface area (TPSA) is 59.5 Å². The van der Waals surface area contributed by atoms with Gasteiger partial charge in [0.25, 0.3) is 0 Å². The maximum Gasteiger partial charge on any atom is 0.226 e. The Morgan fingerprint density at radius 1 is 1.06 bits per heavy atom. The Hall–Kier alpha value is -3.61. The number of hydrogen-bond acceptors (Lipinski definition) is 4. The predicted molar refractivity (Wildman–Crippen MR) is 124 cm³/mol. The zero-order valence-electron chi connectivity index (χ0n) is 19.1. The average Bonchev–Trinajstić information content (AvgIpc) is 2.81. The smallest absolute Gasteiger partial charge is 0.226 e. The summed E-state index contributed by atoms with van der Waals surface area (Å²) in [5.41, 5.74) is 3.23. The second-order valence-corrected chi connectivity index (χ2v) is 7.69. The van der Waals surface area contributed by atoms with E-state index in [1.807, 2.05) is 0 Å². The summed E-state index contributed by atoms with van der Waals surface area (Å²) in [5.74, 6) is -0.914. The number of aromatic nitrogens is 1. The van der Waals surface area contributed by atoms with Gasteiger partial charge < -0.3 is 9.64 Å². The molecule has 3 aromatic rings. The normalized spacial score (nSPS) is 10.7. The van der Waals surface area contributed by atoms with Crippen molar-refractivity contribution in [2.45, 2.75) is 33.1 Å². The number of benzene rings is 2. The number of amides is 1. The fourth-order valence-corrected chi connectivity index (χ4v) is 3.64. The summed E-state index contributed by atoms with van der Waals surface area (Å²) in [4.78, 5) is 29.7. The molecule has 0 aliphatic rings. The van der Waals surface area contributed by atoms with Gasteiger partial charge in [0, 0.05) is 36.7 Å². The van der Waals surface area contributed by atoms with Crippen LogP contribution in [0, 0.1) is 18.7 Å². The van der Waals surface area contributed by atoms with Crippen molar-refractivity contribution < 1.29 is 23.1 Å². The van der Waals surface area contributed by atoms with Gasteiger partial charge in [0.1, 0.15) is 11.6 Å². The summed E-state index contributed by atoms with van der Waals surface area (Å²) in [7, 11) is 3.02. The molecule has 1 amide bonds. The van der Waals surface area contributed by atoms with E-state index in [9.17, 15) is 18.4 Å². The SMILES string of the molecule is CCC(=O)N(C)c1ccc(-c2ccc(C(=O)CCc3ccc(F)nc3C)cc2OC)cc1F. The van der Waals surface area contributed by atoms with E-state index in [-0.39, 0.29) is 30.2 Å². The van der Waals surface area contributed by atoms with Crippen molar-refractivity contribution in [3.63, 3.8) is 0 Å². The molecule has 3 rings (SSSR count). The first kappa shape index (κ1) is 24.0. The van der Waals surface area contributed by atoms with Gasteiger partial charge in [-0.2, -0.15) is 4.39 Å². The molecule has 2 aromatic carbocycles. The van der Waals surface area contributed by atoms with Crippen LogP contribution in [0.2, 0.25) is 0 Å². The van der Waals surface area contributed by atoms with Gasteiger partial charge in [-0.1, -0.05) is 25.1 Å². The first-order valence-electron chi connectivity index (χ1n) is 10.6. The lowest BCUT2D eigenvalue weighted by molar-refractivity contribution is -0.118. The molecule has 0 unspecified atom stereocenters. The summed E-state index contributed by atoms with van der Waals surface area (Å²) in [6.07, 6.45) is 0.953. The lowest BCUT2D eigenvalue weighted by Gasteiger charge is -2.18. The van der Waals surface area contributed by atoms with Crippen molar-refractivity contribution in [3.8, 4) is 16.9 Å². The maximum atomic E-state index is 14.7. The molecular weight excluding hydrogens is 426 g/mol. The summed E-state index contributed by atoms with van der Waals surface area (Å²) in [6.45, 7) is 3.43. The van der Waals surface area contributed by atoms with Crippen LogP contribution in [0.5, 0.6) is 5.75 Å². The van der Waals surface area contributed by atoms with Gasteiger partial charge in [0.15, 0.2) is 5.78 Å². The molecule has 0 N–H and O–H groups in total. The maximum absolute atomic E-state index is 14.7. The van der Waals surface area contributed by atoms with Crippen molar-refractivity contribution >= 4 is 17.4 Å². The Kier molecular flexibility index (Phi) is 7.53. The summed E-state index contributed by atoms with van der Waals surface area (Å²) < 4.78 is 33.4. The van der Waals surface area contributed by atoms with Gasteiger partial charge >= 0.3 is 0 Å². The van der Waals surface area contributed by atoms with E-state index >= 15 is 0 Å². The molecule has 0 aliphatic heterocycles. The first-order valence-corrected chi connectivity index (χ1v) is 10.6. The summed E-state index contributed by atoms with van der Waals surface area (Å²) >= 11 is 0. The number of rotatable bonds is 8. The van der Waals surface area contributed by atoms with Gasteiger partial charge in [-0.3, -0.25) is 9.59 Å². The third kappa shape index (κ3) is 5.42. The highest BCUT2D eigenvalue weighted by Gasteiger charge is 2.17. The largest absolute Gasteiger partial charge is 0.496 e. The van der Waals surface area contributed by atoms with Crippen LogP contribution in [0.15, 0.2) is 48.5 Å². The van der Waals surface area contributed by atoms with Crippen LogP contribution in [-0.4, -0.2) is 30.8 Å². The van der Waals surface area contributed by atoms with E-state index in [2.05, 4.69) is 4.98 Å². The summed E-state index contributed by atoms with van der Waals surface area (Å²) in [5, 5.41) is 0. The second-order valence-electron chi connectivity index (χ2n) is 7.69. The van der Waals surface area contributed by atoms with Crippen LogP contribution >= 0.6 is 0 Å². The highest BCUT2D eigenvalue weighted by atomic mass is 19.1. The van der Waals surface area contributed by atoms with Crippen LogP contribution < -0.4 is 9.64 Å². The lowest BCUT2D eigenvalue weighted by atomic mass is 9.98. The van der Waals surface area contributed by atoms with Crippen LogP contribution in [-0.2, 0) is 11.2 Å². The Morgan fingerprint density at radius 3 is 2.45 bits per heavy atom. The quantitative estimate of drug-likeness (QED) is 0.333. The molecule has 0 saturated carbocycles. The van der Waals surface area contributed by atoms with E-state index in [4.69, 9.17) is 4.74 Å². The Bertz CT molecular complexity index is 1190. The van der Waals surface area contributed by atoms with E-state index in [1.165, 1.54) is 31.2 Å². The fourth-order valence-electron chi connectivity index (χ4n) is 3.64. The molecule has 0 bridgehead atoms. The molecule has 0 fully saturated rings. The van der Waals surface area contributed by atoms with Crippen LogP contribution in [0.25, 0.3) is 11.1 Å². The molecule has 1 aromatic heterocycles. The van der Waals surface area contributed by atoms with Gasteiger partial charge in [0.05, 0.1) is 12.8 Å². The highest BCUT2D eigenvalue weighted by Crippen LogP contribution is 2.34. The average molecular weight is 453 g/mol. The van der Waals surface area contributed by atoms with E-state index < -0.39 is 11.8 Å². The standard InChI is InChI=1S/C26H26F2N2O3/c1-5-26(32)30(3)22-11-7-18(14-21(22)27)20-10-6-19(15-24(20)33-4)23(31)12-8-17-9-13-25(28)29-16(17)2/h6-7,9-11,13-15H,5,8,12H2,1-4H3. The van der Waals surface area contributed by atoms with E-state index in [0.29, 0.717) is 34.6 Å². The van der Waals surface area contributed by atoms with Crippen LogP contribution in [0.4, 0.5) is 14.5 Å². The molecule has 0 saturated heterocycles. The Balaban J connectivity index is 1.81. The Labute approximate surface area is 192 Å². The molecule has 172 valence electrons. The van der Waals surface area contributed by atoms with Crippen LogP contribution in [0.1, 0.15) is 41.4 Å². The molecule has 33 heavy (non-hydrogen) atoms. The third-order valence-electron chi connectivity index (χ3n) is 5.60. The van der Waals surface area contributed by atoms with Crippen molar-refractivity contribution in [2.24, 2.45) is 0 Å². The lowest BCUT2D eigenvalue weighted by Crippen LogP contribution is -2.25. The van der Waals surface area contributed by atoms with Gasteiger partial charge in [0.2, 0.25) is 11.9 Å². The van der Waals surface area contributed by atoms with Crippen molar-refractivity contribution in [3.05, 3.63) is 77.1 Å². The van der Waals surface area contributed by atoms with Gasteiger partial charge in [-0.25, -0.2) is 9.37 Å². The van der Waals surface area contributed by atoms with Crippen LogP contribution in [0.3, 0.4) is 0 Å². The zero-order chi connectivity index (χ0) is 24.1. The second kappa shape index (κ2) is 10.3. The number of anilines is 1.